The fourth-order valence-corrected chi connectivity index (χ4v) is 2.57. The van der Waals surface area contributed by atoms with Gasteiger partial charge in [-0.05, 0) is 36.6 Å². The molecule has 0 saturated heterocycles. The smallest absolute Gasteiger partial charge is 0.315 e. The maximum Gasteiger partial charge on any atom is 0.315 e. The summed E-state index contributed by atoms with van der Waals surface area (Å²) in [7, 11) is 0. The van der Waals surface area contributed by atoms with Gasteiger partial charge in [0.05, 0.1) is 10.5 Å². The Kier molecular flexibility index (Phi) is 4.55. The Morgan fingerprint density at radius 1 is 1.04 bits per heavy atom. The van der Waals surface area contributed by atoms with E-state index in [0.717, 1.165) is 17.7 Å². The second kappa shape index (κ2) is 6.83. The molecule has 1 heterocycles. The van der Waals surface area contributed by atoms with Gasteiger partial charge in [0.25, 0.3) is 5.89 Å². The number of benzene rings is 2. The van der Waals surface area contributed by atoms with Gasteiger partial charge in [0.1, 0.15) is 0 Å². The molecule has 10 heteroatoms. The Bertz CT molecular complexity index is 1010. The number of hydrogen-bond acceptors (Lipinski definition) is 9. The lowest BCUT2D eigenvalue weighted by Crippen LogP contribution is -1.95. The summed E-state index contributed by atoms with van der Waals surface area (Å²) in [6.45, 7) is 1.66. The van der Waals surface area contributed by atoms with Crippen LogP contribution in [0.15, 0.2) is 28.8 Å². The number of aromatic hydroxyl groups is 4. The van der Waals surface area contributed by atoms with Crippen molar-refractivity contribution in [1.82, 2.24) is 10.1 Å². The summed E-state index contributed by atoms with van der Waals surface area (Å²) in [4.78, 5) is 14.2. The molecule has 0 aliphatic heterocycles. The Labute approximate surface area is 152 Å². The third-order valence-corrected chi connectivity index (χ3v) is 3.96. The van der Waals surface area contributed by atoms with Crippen LogP contribution in [-0.2, 0) is 12.8 Å². The second-order valence-corrected chi connectivity index (χ2v) is 5.92. The lowest BCUT2D eigenvalue weighted by Gasteiger charge is -2.05. The maximum absolute atomic E-state index is 10.9. The molecule has 0 saturated carbocycles. The second-order valence-electron chi connectivity index (χ2n) is 5.92. The molecule has 10 nitrogen and oxygen atoms in total. The van der Waals surface area contributed by atoms with E-state index in [9.17, 15) is 30.5 Å². The van der Waals surface area contributed by atoms with Crippen LogP contribution in [0, 0.1) is 17.0 Å². The minimum atomic E-state index is -0.842. The van der Waals surface area contributed by atoms with Crippen molar-refractivity contribution < 1.29 is 29.9 Å². The fraction of sp³-hybridized carbons (Fsp3) is 0.176. The van der Waals surface area contributed by atoms with Crippen molar-refractivity contribution in [3.63, 3.8) is 0 Å². The van der Waals surface area contributed by atoms with Gasteiger partial charge < -0.3 is 24.9 Å². The number of hydrogen-bond donors (Lipinski definition) is 4. The summed E-state index contributed by atoms with van der Waals surface area (Å²) < 4.78 is 5.07. The lowest BCUT2D eigenvalue weighted by molar-refractivity contribution is -0.385. The Balaban J connectivity index is 1.80. The van der Waals surface area contributed by atoms with Gasteiger partial charge in [0.2, 0.25) is 5.75 Å². The molecule has 3 rings (SSSR count). The lowest BCUT2D eigenvalue weighted by atomic mass is 10.1. The monoisotopic (exact) mass is 373 g/mol. The van der Waals surface area contributed by atoms with Crippen LogP contribution in [0.4, 0.5) is 5.69 Å². The van der Waals surface area contributed by atoms with Gasteiger partial charge in [-0.2, -0.15) is 4.98 Å². The van der Waals surface area contributed by atoms with E-state index in [4.69, 9.17) is 4.52 Å². The maximum atomic E-state index is 10.9. The van der Waals surface area contributed by atoms with Crippen molar-refractivity contribution in [2.24, 2.45) is 0 Å². The van der Waals surface area contributed by atoms with Crippen LogP contribution in [0.2, 0.25) is 0 Å². The predicted molar refractivity (Wildman–Crippen MR) is 91.6 cm³/mol. The topological polar surface area (TPSA) is 163 Å². The number of phenols is 4. The molecule has 0 aliphatic rings. The molecule has 0 unspecified atom stereocenters. The van der Waals surface area contributed by atoms with E-state index in [0.29, 0.717) is 24.2 Å². The zero-order chi connectivity index (χ0) is 19.7. The molecule has 0 radical (unpaired) electrons. The molecular weight excluding hydrogens is 358 g/mol. The predicted octanol–water partition coefficient (Wildman–Crippen LogP) is 2.56. The average molecular weight is 373 g/mol. The highest BCUT2D eigenvalue weighted by molar-refractivity contribution is 5.67. The van der Waals surface area contributed by atoms with E-state index in [1.54, 1.807) is 13.0 Å². The van der Waals surface area contributed by atoms with E-state index in [1.807, 2.05) is 0 Å². The Morgan fingerprint density at radius 3 is 2.41 bits per heavy atom. The van der Waals surface area contributed by atoms with Crippen molar-refractivity contribution in [1.29, 1.82) is 0 Å². The van der Waals surface area contributed by atoms with Gasteiger partial charge in [0.15, 0.2) is 23.1 Å². The summed E-state index contributed by atoms with van der Waals surface area (Å²) in [5.74, 6) is -1.64. The van der Waals surface area contributed by atoms with Crippen LogP contribution < -0.4 is 0 Å². The van der Waals surface area contributed by atoms with Gasteiger partial charge in [-0.1, -0.05) is 11.2 Å². The van der Waals surface area contributed by atoms with E-state index in [2.05, 4.69) is 10.1 Å². The molecule has 4 N–H and O–H groups in total. The Morgan fingerprint density at radius 2 is 1.74 bits per heavy atom. The molecule has 27 heavy (non-hydrogen) atoms. The number of phenolic OH excluding ortho intramolecular Hbond substituents is 4. The van der Waals surface area contributed by atoms with E-state index < -0.39 is 22.1 Å². The zero-order valence-electron chi connectivity index (χ0n) is 14.1. The molecule has 0 fully saturated rings. The van der Waals surface area contributed by atoms with Crippen molar-refractivity contribution in [3.05, 3.63) is 51.3 Å². The highest BCUT2D eigenvalue weighted by Gasteiger charge is 2.22. The quantitative estimate of drug-likeness (QED) is 0.299. The van der Waals surface area contributed by atoms with E-state index >= 15 is 0 Å². The first-order valence-corrected chi connectivity index (χ1v) is 7.81. The molecule has 2 aromatic carbocycles. The zero-order valence-corrected chi connectivity index (χ0v) is 14.1. The molecule has 0 bridgehead atoms. The van der Waals surface area contributed by atoms with Gasteiger partial charge in [0, 0.05) is 12.5 Å². The summed E-state index contributed by atoms with van der Waals surface area (Å²) in [6.07, 6.45) is 0.800. The van der Waals surface area contributed by atoms with Gasteiger partial charge >= 0.3 is 5.69 Å². The number of aryl methyl sites for hydroxylation is 3. The molecule has 140 valence electrons. The van der Waals surface area contributed by atoms with E-state index in [1.165, 1.54) is 6.07 Å². The molecular formula is C17H15N3O7. The van der Waals surface area contributed by atoms with Crippen LogP contribution in [0.1, 0.15) is 17.0 Å². The summed E-state index contributed by atoms with van der Waals surface area (Å²) in [5.41, 5.74) is 0.700. The average Bonchev–Trinajstić information content (AvgIpc) is 3.08. The SMILES string of the molecule is Cc1cc(CCc2noc(-c3cc(O)c(O)c([N+](=O)[O-])c3)n2)cc(O)c1O. The van der Waals surface area contributed by atoms with Gasteiger partial charge in [-0.15, -0.1) is 0 Å². The third-order valence-electron chi connectivity index (χ3n) is 3.96. The normalized spacial score (nSPS) is 10.9. The summed E-state index contributed by atoms with van der Waals surface area (Å²) in [5, 5.41) is 53.1. The molecule has 3 aromatic rings. The fourth-order valence-electron chi connectivity index (χ4n) is 2.57. The first-order valence-electron chi connectivity index (χ1n) is 7.81. The summed E-state index contributed by atoms with van der Waals surface area (Å²) in [6, 6.07) is 5.26. The minimum absolute atomic E-state index is 0.0480. The number of aromatic nitrogens is 2. The highest BCUT2D eigenvalue weighted by Crippen LogP contribution is 2.39. The van der Waals surface area contributed by atoms with Crippen molar-refractivity contribution in [2.75, 3.05) is 0 Å². The van der Waals surface area contributed by atoms with Crippen molar-refractivity contribution >= 4 is 5.69 Å². The highest BCUT2D eigenvalue weighted by atomic mass is 16.6. The van der Waals surface area contributed by atoms with Crippen LogP contribution in [0.3, 0.4) is 0 Å². The number of rotatable bonds is 5. The molecule has 0 aliphatic carbocycles. The molecule has 0 atom stereocenters. The molecule has 0 amide bonds. The number of nitro groups is 1. The van der Waals surface area contributed by atoms with Crippen LogP contribution in [-0.4, -0.2) is 35.5 Å². The third kappa shape index (κ3) is 3.59. The first kappa shape index (κ1) is 18.0. The van der Waals surface area contributed by atoms with E-state index in [-0.39, 0.29) is 23.0 Å². The molecule has 0 spiro atoms. The van der Waals surface area contributed by atoms with Gasteiger partial charge in [-0.25, -0.2) is 0 Å². The number of nitro benzene ring substituents is 1. The van der Waals surface area contributed by atoms with Crippen molar-refractivity contribution in [3.8, 4) is 34.5 Å². The van der Waals surface area contributed by atoms with Gasteiger partial charge in [-0.3, -0.25) is 10.1 Å². The van der Waals surface area contributed by atoms with Crippen molar-refractivity contribution in [2.45, 2.75) is 19.8 Å². The molecule has 1 aromatic heterocycles. The van der Waals surface area contributed by atoms with Crippen LogP contribution in [0.25, 0.3) is 11.5 Å². The largest absolute Gasteiger partial charge is 0.504 e. The van der Waals surface area contributed by atoms with Crippen LogP contribution in [0.5, 0.6) is 23.0 Å². The minimum Gasteiger partial charge on any atom is -0.504 e. The summed E-state index contributed by atoms with van der Waals surface area (Å²) >= 11 is 0. The Hall–Kier alpha value is -3.82. The van der Waals surface area contributed by atoms with Crippen LogP contribution >= 0.6 is 0 Å². The first-order chi connectivity index (χ1) is 12.8. The standard InChI is InChI=1S/C17H15N3O7/c1-8-4-9(5-12(21)15(8)23)2-3-14-18-17(27-19-14)10-6-11(20(25)26)16(24)13(22)7-10/h4-7,21-24H,2-3H2,1H3. The number of nitrogens with zero attached hydrogens (tertiary/aromatic N) is 3.